The Kier molecular flexibility index (Phi) is 5.80. The van der Waals surface area contributed by atoms with Crippen molar-refractivity contribution >= 4 is 11.6 Å². The van der Waals surface area contributed by atoms with Crippen molar-refractivity contribution in [3.05, 3.63) is 29.8 Å². The number of likely N-dealkylation sites (N-methyl/N-ethyl adjacent to an activating group) is 1. The second-order valence-corrected chi connectivity index (χ2v) is 6.59. The van der Waals surface area contributed by atoms with E-state index in [1.54, 1.807) is 16.7 Å². The van der Waals surface area contributed by atoms with Crippen LogP contribution in [0, 0.1) is 0 Å². The van der Waals surface area contributed by atoms with Gasteiger partial charge in [0.05, 0.1) is 13.6 Å². The highest BCUT2D eigenvalue weighted by Gasteiger charge is 2.29. The first-order chi connectivity index (χ1) is 10.5. The van der Waals surface area contributed by atoms with Gasteiger partial charge in [-0.3, -0.25) is 4.79 Å². The minimum absolute atomic E-state index is 0.0501. The molecule has 22 heavy (non-hydrogen) atoms. The van der Waals surface area contributed by atoms with Gasteiger partial charge in [0.25, 0.3) is 0 Å². The third-order valence-corrected chi connectivity index (χ3v) is 4.61. The second kappa shape index (κ2) is 7.61. The predicted molar refractivity (Wildman–Crippen MR) is 89.5 cm³/mol. The van der Waals surface area contributed by atoms with Gasteiger partial charge >= 0.3 is 0 Å². The minimum atomic E-state index is 0.0501. The number of rotatable bonds is 5. The predicted octanol–water partition coefficient (Wildman–Crippen LogP) is -1.66. The smallest absolute Gasteiger partial charge is 0.217 e. The SMILES string of the molecule is CC(=O)NC[C@@H](c1ccc(N(C)C)cc1)[NH+]1CC[NH+](C)CC1. The van der Waals surface area contributed by atoms with Crippen molar-refractivity contribution in [2.75, 3.05) is 58.8 Å². The van der Waals surface area contributed by atoms with E-state index in [0.717, 1.165) is 13.1 Å². The highest BCUT2D eigenvalue weighted by atomic mass is 16.1. The van der Waals surface area contributed by atoms with Crippen LogP contribution in [-0.4, -0.2) is 59.8 Å². The molecular weight excluding hydrogens is 276 g/mol. The number of hydrogen-bond donors (Lipinski definition) is 3. The molecule has 1 aliphatic rings. The molecule has 1 aromatic rings. The van der Waals surface area contributed by atoms with Crippen molar-refractivity contribution in [2.45, 2.75) is 13.0 Å². The Bertz CT molecular complexity index is 478. The minimum Gasteiger partial charge on any atom is -0.378 e. The Morgan fingerprint density at radius 3 is 2.27 bits per heavy atom. The molecule has 122 valence electrons. The van der Waals surface area contributed by atoms with Crippen LogP contribution in [0.4, 0.5) is 5.69 Å². The van der Waals surface area contributed by atoms with Crippen molar-refractivity contribution in [1.29, 1.82) is 0 Å². The lowest BCUT2D eigenvalue weighted by Crippen LogP contribution is -3.27. The summed E-state index contributed by atoms with van der Waals surface area (Å²) in [6.45, 7) is 7.01. The van der Waals surface area contributed by atoms with E-state index in [-0.39, 0.29) is 5.91 Å². The van der Waals surface area contributed by atoms with E-state index in [0.29, 0.717) is 12.6 Å². The summed E-state index contributed by atoms with van der Waals surface area (Å²) < 4.78 is 0. The van der Waals surface area contributed by atoms with E-state index in [1.807, 2.05) is 0 Å². The van der Waals surface area contributed by atoms with Crippen LogP contribution in [0.25, 0.3) is 0 Å². The molecular formula is C17H30N4O+2. The van der Waals surface area contributed by atoms with Crippen LogP contribution in [0.1, 0.15) is 18.5 Å². The molecule has 2 rings (SSSR count). The van der Waals surface area contributed by atoms with Crippen LogP contribution in [0.15, 0.2) is 24.3 Å². The zero-order valence-electron chi connectivity index (χ0n) is 14.3. The largest absolute Gasteiger partial charge is 0.378 e. The fourth-order valence-corrected chi connectivity index (χ4v) is 3.09. The van der Waals surface area contributed by atoms with Crippen LogP contribution >= 0.6 is 0 Å². The van der Waals surface area contributed by atoms with Gasteiger partial charge in [-0.15, -0.1) is 0 Å². The molecule has 1 amide bonds. The maximum atomic E-state index is 11.3. The van der Waals surface area contributed by atoms with Gasteiger partial charge in [0.15, 0.2) is 0 Å². The average molecular weight is 306 g/mol. The van der Waals surface area contributed by atoms with Gasteiger partial charge in [0.2, 0.25) is 5.91 Å². The van der Waals surface area contributed by atoms with Crippen LogP contribution in [0.2, 0.25) is 0 Å². The molecule has 1 aromatic carbocycles. The molecule has 1 atom stereocenters. The molecule has 0 radical (unpaired) electrons. The normalized spacial score (nSPS) is 22.9. The third-order valence-electron chi connectivity index (χ3n) is 4.61. The first-order valence-corrected chi connectivity index (χ1v) is 8.15. The summed E-state index contributed by atoms with van der Waals surface area (Å²) in [7, 11) is 6.36. The van der Waals surface area contributed by atoms with Crippen LogP contribution < -0.4 is 20.0 Å². The van der Waals surface area contributed by atoms with E-state index in [1.165, 1.54) is 24.3 Å². The van der Waals surface area contributed by atoms with E-state index < -0.39 is 0 Å². The van der Waals surface area contributed by atoms with Gasteiger partial charge in [-0.05, 0) is 12.1 Å². The standard InChI is InChI=1S/C17H28N4O/c1-14(22)18-13-17(21-11-9-20(4)10-12-21)15-5-7-16(8-6-15)19(2)3/h5-8,17H,9-13H2,1-4H3,(H,18,22)/p+2/t17-/m0/s1. The molecule has 5 nitrogen and oxygen atoms in total. The number of quaternary nitrogens is 2. The van der Waals surface area contributed by atoms with Gasteiger partial charge in [-0.25, -0.2) is 0 Å². The molecule has 0 spiro atoms. The average Bonchev–Trinajstić information content (AvgIpc) is 2.49. The Balaban J connectivity index is 2.13. The van der Waals surface area contributed by atoms with Crippen LogP contribution in [0.3, 0.4) is 0 Å². The van der Waals surface area contributed by atoms with Crippen molar-refractivity contribution in [1.82, 2.24) is 5.32 Å². The fraction of sp³-hybridized carbons (Fsp3) is 0.588. The highest BCUT2D eigenvalue weighted by Crippen LogP contribution is 2.16. The molecule has 0 bridgehead atoms. The highest BCUT2D eigenvalue weighted by molar-refractivity contribution is 5.72. The lowest BCUT2D eigenvalue weighted by Gasteiger charge is -2.33. The maximum Gasteiger partial charge on any atom is 0.217 e. The van der Waals surface area contributed by atoms with Crippen molar-refractivity contribution < 1.29 is 14.6 Å². The fourth-order valence-electron chi connectivity index (χ4n) is 3.09. The second-order valence-electron chi connectivity index (χ2n) is 6.59. The van der Waals surface area contributed by atoms with E-state index >= 15 is 0 Å². The lowest BCUT2D eigenvalue weighted by molar-refractivity contribution is -1.02. The summed E-state index contributed by atoms with van der Waals surface area (Å²) in [6, 6.07) is 9.08. The monoisotopic (exact) mass is 306 g/mol. The Morgan fingerprint density at radius 1 is 1.18 bits per heavy atom. The molecule has 1 aliphatic heterocycles. The first-order valence-electron chi connectivity index (χ1n) is 8.15. The number of nitrogens with zero attached hydrogens (tertiary/aromatic N) is 1. The van der Waals surface area contributed by atoms with E-state index in [2.05, 4.69) is 55.6 Å². The van der Waals surface area contributed by atoms with Crippen molar-refractivity contribution in [3.8, 4) is 0 Å². The zero-order valence-corrected chi connectivity index (χ0v) is 14.3. The zero-order chi connectivity index (χ0) is 16.1. The maximum absolute atomic E-state index is 11.3. The summed E-state index contributed by atoms with van der Waals surface area (Å²) in [4.78, 5) is 16.6. The number of anilines is 1. The number of nitrogens with one attached hydrogen (secondary N) is 3. The number of piperazine rings is 1. The molecule has 1 heterocycles. The van der Waals surface area contributed by atoms with Crippen LogP contribution in [-0.2, 0) is 4.79 Å². The topological polar surface area (TPSA) is 41.2 Å². The van der Waals surface area contributed by atoms with Gasteiger partial charge in [-0.1, -0.05) is 12.1 Å². The van der Waals surface area contributed by atoms with Gasteiger partial charge in [0.1, 0.15) is 32.2 Å². The summed E-state index contributed by atoms with van der Waals surface area (Å²) >= 11 is 0. The number of amides is 1. The molecule has 0 unspecified atom stereocenters. The van der Waals surface area contributed by atoms with Crippen LogP contribution in [0.5, 0.6) is 0 Å². The molecule has 5 heteroatoms. The Hall–Kier alpha value is -1.59. The molecule has 0 aliphatic carbocycles. The van der Waals surface area contributed by atoms with Gasteiger partial charge < -0.3 is 20.0 Å². The lowest BCUT2D eigenvalue weighted by atomic mass is 10.0. The first kappa shape index (κ1) is 16.8. The molecule has 3 N–H and O–H groups in total. The number of benzene rings is 1. The van der Waals surface area contributed by atoms with Gasteiger partial charge in [-0.2, -0.15) is 0 Å². The van der Waals surface area contributed by atoms with Crippen molar-refractivity contribution in [3.63, 3.8) is 0 Å². The molecule has 0 saturated carbocycles. The molecule has 1 fully saturated rings. The Morgan fingerprint density at radius 2 is 1.77 bits per heavy atom. The van der Waals surface area contributed by atoms with Gasteiger partial charge in [0, 0.05) is 32.3 Å². The van der Waals surface area contributed by atoms with Crippen molar-refractivity contribution in [2.24, 2.45) is 0 Å². The number of carbonyl (C=O) groups is 1. The quantitative estimate of drug-likeness (QED) is 0.610. The summed E-state index contributed by atoms with van der Waals surface area (Å²) in [5.74, 6) is 0.0501. The molecule has 0 aromatic heterocycles. The van der Waals surface area contributed by atoms with E-state index in [9.17, 15) is 4.79 Å². The number of carbonyl (C=O) groups excluding carboxylic acids is 1. The summed E-state index contributed by atoms with van der Waals surface area (Å²) in [5, 5.41) is 3.01. The third kappa shape index (κ3) is 4.45. The Labute approximate surface area is 133 Å². The summed E-state index contributed by atoms with van der Waals surface area (Å²) in [6.07, 6.45) is 0. The molecule has 1 saturated heterocycles. The van der Waals surface area contributed by atoms with E-state index in [4.69, 9.17) is 0 Å². The number of hydrogen-bond acceptors (Lipinski definition) is 2. The summed E-state index contributed by atoms with van der Waals surface area (Å²) in [5.41, 5.74) is 2.52.